The fourth-order valence-corrected chi connectivity index (χ4v) is 14.3. The van der Waals surface area contributed by atoms with E-state index in [1.165, 1.54) is 46.2 Å². The Balaban J connectivity index is 3.52. The summed E-state index contributed by atoms with van der Waals surface area (Å²) in [5.41, 5.74) is 0. The second-order valence-corrected chi connectivity index (χ2v) is 16.8. The van der Waals surface area contributed by atoms with E-state index in [0.717, 1.165) is 22.6 Å². The molecular weight excluding hydrogens is 417 g/mol. The Kier molecular flexibility index (Phi) is 19.3. The molecule has 0 aliphatic heterocycles. The van der Waals surface area contributed by atoms with E-state index in [4.69, 9.17) is 18.9 Å². The first-order chi connectivity index (χ1) is 11.6. The van der Waals surface area contributed by atoms with E-state index in [1.807, 2.05) is 41.2 Å². The van der Waals surface area contributed by atoms with Gasteiger partial charge < -0.3 is 18.9 Å². The highest BCUT2D eigenvalue weighted by molar-refractivity contribution is 9.26. The SMILES string of the molecule is COC(CCCC([SiH3])SSSSC([SiH3])CCCC(OC)OC)OC. The molecule has 0 amide bonds. The Labute approximate surface area is 169 Å². The van der Waals surface area contributed by atoms with Crippen molar-refractivity contribution in [1.29, 1.82) is 0 Å². The van der Waals surface area contributed by atoms with E-state index in [-0.39, 0.29) is 12.6 Å². The molecule has 2 unspecified atom stereocenters. The van der Waals surface area contributed by atoms with Crippen LogP contribution < -0.4 is 0 Å². The Bertz CT molecular complexity index is 249. The second kappa shape index (κ2) is 18.1. The van der Waals surface area contributed by atoms with E-state index < -0.39 is 0 Å². The van der Waals surface area contributed by atoms with Crippen LogP contribution >= 0.6 is 41.2 Å². The van der Waals surface area contributed by atoms with Gasteiger partial charge in [0, 0.05) is 58.7 Å². The van der Waals surface area contributed by atoms with Crippen molar-refractivity contribution < 1.29 is 18.9 Å². The molecule has 0 N–H and O–H groups in total. The van der Waals surface area contributed by atoms with Gasteiger partial charge in [-0.1, -0.05) is 21.6 Å². The van der Waals surface area contributed by atoms with Crippen LogP contribution in [0.1, 0.15) is 38.5 Å². The van der Waals surface area contributed by atoms with Crippen LogP contribution in [-0.2, 0) is 18.9 Å². The van der Waals surface area contributed by atoms with Crippen LogP contribution in [0.3, 0.4) is 0 Å². The molecule has 10 heteroatoms. The van der Waals surface area contributed by atoms with Crippen LogP contribution in [0, 0.1) is 0 Å². The molecule has 0 saturated heterocycles. The predicted molar refractivity (Wildman–Crippen MR) is 121 cm³/mol. The minimum Gasteiger partial charge on any atom is -0.356 e. The highest BCUT2D eigenvalue weighted by Gasteiger charge is 2.10. The highest BCUT2D eigenvalue weighted by atomic mass is 33.7. The minimum absolute atomic E-state index is 0.0388. The van der Waals surface area contributed by atoms with Gasteiger partial charge in [0.25, 0.3) is 0 Å². The summed E-state index contributed by atoms with van der Waals surface area (Å²) in [7, 11) is 17.3. The topological polar surface area (TPSA) is 36.9 Å². The largest absolute Gasteiger partial charge is 0.356 e. The molecule has 0 fully saturated rings. The second-order valence-electron chi connectivity index (χ2n) is 5.61. The third-order valence-corrected chi connectivity index (χ3v) is 15.6. The number of ether oxygens (including phenoxy) is 4. The van der Waals surface area contributed by atoms with Gasteiger partial charge in [0.2, 0.25) is 0 Å². The van der Waals surface area contributed by atoms with Crippen molar-refractivity contribution in [3.63, 3.8) is 0 Å². The molecule has 146 valence electrons. The quantitative estimate of drug-likeness (QED) is 0.145. The molecule has 4 nitrogen and oxygen atoms in total. The first kappa shape index (κ1) is 25.7. The maximum atomic E-state index is 5.23. The first-order valence-electron chi connectivity index (χ1n) is 8.33. The molecule has 2 atom stereocenters. The van der Waals surface area contributed by atoms with Crippen LogP contribution in [0.4, 0.5) is 0 Å². The molecule has 0 aromatic heterocycles. The zero-order valence-electron chi connectivity index (χ0n) is 15.8. The molecule has 0 aliphatic carbocycles. The zero-order chi connectivity index (χ0) is 18.2. The normalized spacial score (nSPS) is 14.8. The van der Waals surface area contributed by atoms with Gasteiger partial charge in [-0.25, -0.2) is 0 Å². The highest BCUT2D eigenvalue weighted by Crippen LogP contribution is 2.47. The number of rotatable bonds is 17. The Morgan fingerprint density at radius 1 is 0.625 bits per heavy atom. The number of methoxy groups -OCH3 is 4. The van der Waals surface area contributed by atoms with E-state index in [1.54, 1.807) is 28.4 Å². The van der Waals surface area contributed by atoms with E-state index in [0.29, 0.717) is 0 Å². The lowest BCUT2D eigenvalue weighted by Gasteiger charge is -2.16. The van der Waals surface area contributed by atoms with Crippen molar-refractivity contribution in [1.82, 2.24) is 0 Å². The van der Waals surface area contributed by atoms with Gasteiger partial charge in [0.05, 0.1) is 0 Å². The summed E-state index contributed by atoms with van der Waals surface area (Å²) in [6, 6.07) is 0. The maximum absolute atomic E-state index is 5.23. The van der Waals surface area contributed by atoms with Crippen molar-refractivity contribution in [2.75, 3.05) is 28.4 Å². The molecule has 0 rings (SSSR count). The van der Waals surface area contributed by atoms with Crippen molar-refractivity contribution in [3.05, 3.63) is 0 Å². The van der Waals surface area contributed by atoms with Gasteiger partial charge >= 0.3 is 0 Å². The predicted octanol–water partition coefficient (Wildman–Crippen LogP) is 2.63. The fourth-order valence-electron chi connectivity index (χ4n) is 2.07. The van der Waals surface area contributed by atoms with Crippen LogP contribution in [0.15, 0.2) is 0 Å². The van der Waals surface area contributed by atoms with Crippen LogP contribution in [0.2, 0.25) is 0 Å². The third-order valence-electron chi connectivity index (χ3n) is 3.59. The first-order valence-corrected chi connectivity index (χ1v) is 15.6. The molecule has 0 bridgehead atoms. The van der Waals surface area contributed by atoms with Crippen LogP contribution in [-0.4, -0.2) is 71.3 Å². The van der Waals surface area contributed by atoms with Crippen LogP contribution in [0.25, 0.3) is 0 Å². The summed E-state index contributed by atoms with van der Waals surface area (Å²) in [5, 5.41) is 0. The van der Waals surface area contributed by atoms with Crippen molar-refractivity contribution in [2.45, 2.75) is 60.9 Å². The third kappa shape index (κ3) is 14.8. The van der Waals surface area contributed by atoms with Gasteiger partial charge in [0.1, 0.15) is 0 Å². The lowest BCUT2D eigenvalue weighted by molar-refractivity contribution is -0.107. The summed E-state index contributed by atoms with van der Waals surface area (Å²) in [5.74, 6) is 0. The van der Waals surface area contributed by atoms with Gasteiger partial charge in [0.15, 0.2) is 12.6 Å². The van der Waals surface area contributed by atoms with Crippen LogP contribution in [0.5, 0.6) is 0 Å². The molecule has 0 aliphatic rings. The summed E-state index contributed by atoms with van der Waals surface area (Å²) in [4.78, 5) is 1.60. The monoisotopic (exact) mass is 450 g/mol. The average Bonchev–Trinajstić information content (AvgIpc) is 2.59. The fraction of sp³-hybridized carbons (Fsp3) is 1.00. The molecule has 0 radical (unpaired) electrons. The van der Waals surface area contributed by atoms with E-state index >= 15 is 0 Å². The smallest absolute Gasteiger partial charge is 0.156 e. The lowest BCUT2D eigenvalue weighted by atomic mass is 10.2. The molecule has 0 aromatic carbocycles. The summed E-state index contributed by atoms with van der Waals surface area (Å²) in [6.07, 6.45) is 6.78. The standard InChI is InChI=1S/C14H34O4S4Si2/c1-15-11(16-2)7-5-9-13(23)19-21-22-20-14(24)10-6-8-12(17-3)18-4/h11-14H,5-10H2,1-4,23-24H3. The summed E-state index contributed by atoms with van der Waals surface area (Å²) < 4.78 is 20.9. The molecule has 0 spiro atoms. The van der Waals surface area contributed by atoms with Gasteiger partial charge in [-0.05, 0) is 58.2 Å². The molecule has 0 heterocycles. The summed E-state index contributed by atoms with van der Waals surface area (Å²) >= 11 is 0. The van der Waals surface area contributed by atoms with Crippen molar-refractivity contribution >= 4 is 61.7 Å². The van der Waals surface area contributed by atoms with Gasteiger partial charge in [-0.3, -0.25) is 0 Å². The van der Waals surface area contributed by atoms with Gasteiger partial charge in [-0.2, -0.15) is 0 Å². The molecule has 24 heavy (non-hydrogen) atoms. The number of hydrogen-bond donors (Lipinski definition) is 0. The lowest BCUT2D eigenvalue weighted by Crippen LogP contribution is -2.13. The molecule has 0 aromatic rings. The van der Waals surface area contributed by atoms with Crippen molar-refractivity contribution in [3.8, 4) is 0 Å². The molecular formula is C14H34O4S4Si2. The maximum Gasteiger partial charge on any atom is 0.156 e. The van der Waals surface area contributed by atoms with Crippen molar-refractivity contribution in [2.24, 2.45) is 0 Å². The number of hydrogen-bond acceptors (Lipinski definition) is 8. The Morgan fingerprint density at radius 2 is 0.958 bits per heavy atom. The van der Waals surface area contributed by atoms with Gasteiger partial charge in [-0.15, -0.1) is 0 Å². The minimum atomic E-state index is -0.0388. The Hall–Kier alpha value is 1.67. The zero-order valence-corrected chi connectivity index (χ0v) is 23.1. The van der Waals surface area contributed by atoms with E-state index in [2.05, 4.69) is 0 Å². The average molecular weight is 451 g/mol. The Morgan fingerprint density at radius 3 is 1.25 bits per heavy atom. The van der Waals surface area contributed by atoms with E-state index in [9.17, 15) is 0 Å². The molecule has 0 saturated carbocycles. The summed E-state index contributed by atoms with van der Waals surface area (Å²) in [6.45, 7) is 0.